The van der Waals surface area contributed by atoms with Crippen molar-refractivity contribution in [2.45, 2.75) is 93.3 Å². The lowest BCUT2D eigenvalue weighted by Crippen LogP contribution is -2.79. The summed E-state index contributed by atoms with van der Waals surface area (Å²) in [5.41, 5.74) is -10.2. The lowest BCUT2D eigenvalue weighted by atomic mass is 9.46. The number of allylic oxidation sites excluding steroid dienone is 1. The number of Topliss-reactive ketones (excluding diaryl/α,β-unsaturated/α-hetero) is 1. The van der Waals surface area contributed by atoms with Crippen LogP contribution in [0.15, 0.2) is 12.2 Å². The van der Waals surface area contributed by atoms with Gasteiger partial charge in [-0.15, -0.1) is 0 Å². The van der Waals surface area contributed by atoms with E-state index in [0.29, 0.717) is 0 Å². The molecule has 13 atom stereocenters. The summed E-state index contributed by atoms with van der Waals surface area (Å²) in [4.78, 5) is 55.5. The average Bonchev–Trinajstić information content (AvgIpc) is 3.17. The van der Waals surface area contributed by atoms with E-state index >= 15 is 0 Å². The van der Waals surface area contributed by atoms with Gasteiger partial charge in [0.25, 0.3) is 0 Å². The van der Waals surface area contributed by atoms with E-state index < -0.39 is 92.6 Å². The van der Waals surface area contributed by atoms with Crippen molar-refractivity contribution in [2.75, 3.05) is 6.61 Å². The molecule has 0 aromatic carbocycles. The molecular formula is C28H32O11. The van der Waals surface area contributed by atoms with Gasteiger partial charge >= 0.3 is 11.9 Å². The van der Waals surface area contributed by atoms with Crippen LogP contribution in [-0.2, 0) is 38.1 Å². The van der Waals surface area contributed by atoms with Gasteiger partial charge in [-0.2, -0.15) is 0 Å². The van der Waals surface area contributed by atoms with Gasteiger partial charge in [0, 0.05) is 6.42 Å². The fourth-order valence-corrected chi connectivity index (χ4v) is 10.6. The third kappa shape index (κ3) is 2.13. The van der Waals surface area contributed by atoms with Gasteiger partial charge in [0.2, 0.25) is 5.79 Å². The molecule has 0 amide bonds. The van der Waals surface area contributed by atoms with Gasteiger partial charge in [-0.25, -0.2) is 4.79 Å². The van der Waals surface area contributed by atoms with Crippen LogP contribution in [-0.4, -0.2) is 85.8 Å². The summed E-state index contributed by atoms with van der Waals surface area (Å²) in [6.45, 7) is 4.68. The molecule has 2 saturated carbocycles. The molecule has 11 nitrogen and oxygen atoms in total. The maximum Gasteiger partial charge on any atom is 0.342 e. The fraction of sp³-hybridized carbons (Fsp3) is 0.786. The van der Waals surface area contributed by atoms with Crippen molar-refractivity contribution in [3.8, 4) is 0 Å². The molecule has 0 radical (unpaired) electrons. The van der Waals surface area contributed by atoms with E-state index in [1.54, 1.807) is 19.9 Å². The van der Waals surface area contributed by atoms with Crippen LogP contribution in [0.3, 0.4) is 0 Å². The monoisotopic (exact) mass is 544 g/mol. The van der Waals surface area contributed by atoms with Crippen LogP contribution >= 0.6 is 0 Å². The molecule has 7 fully saturated rings. The molecule has 3 N–H and O–H groups in total. The summed E-state index contributed by atoms with van der Waals surface area (Å²) >= 11 is 0. The van der Waals surface area contributed by atoms with Gasteiger partial charge in [-0.1, -0.05) is 13.0 Å². The zero-order valence-electron chi connectivity index (χ0n) is 22.0. The van der Waals surface area contributed by atoms with Crippen LogP contribution in [0.5, 0.6) is 0 Å². The highest BCUT2D eigenvalue weighted by Gasteiger charge is 2.93. The summed E-state index contributed by atoms with van der Waals surface area (Å²) in [5, 5.41) is 35.9. The first-order valence-electron chi connectivity index (χ1n) is 13.8. The summed E-state index contributed by atoms with van der Waals surface area (Å²) in [5.74, 6) is -8.83. The minimum Gasteiger partial charge on any atom is -0.458 e. The summed E-state index contributed by atoms with van der Waals surface area (Å²) in [6, 6.07) is 0. The third-order valence-electron chi connectivity index (χ3n) is 12.6. The summed E-state index contributed by atoms with van der Waals surface area (Å²) < 4.78 is 24.8. The summed E-state index contributed by atoms with van der Waals surface area (Å²) in [6.07, 6.45) is 0.531. The van der Waals surface area contributed by atoms with E-state index in [9.17, 15) is 34.5 Å². The van der Waals surface area contributed by atoms with Crippen molar-refractivity contribution in [3.63, 3.8) is 0 Å². The number of carbonyl (C=O) groups excluding carboxylic acids is 4. The molecule has 0 aromatic rings. The van der Waals surface area contributed by atoms with Crippen molar-refractivity contribution in [2.24, 2.45) is 34.5 Å². The molecule has 39 heavy (non-hydrogen) atoms. The molecule has 5 aliphatic heterocycles. The Bertz CT molecular complexity index is 1330. The first kappa shape index (κ1) is 24.6. The molecule has 4 unspecified atom stereocenters. The molecule has 0 aromatic heterocycles. The van der Waals surface area contributed by atoms with Crippen LogP contribution in [0.1, 0.15) is 52.9 Å². The normalized spacial score (nSPS) is 62.0. The maximum absolute atomic E-state index is 14.9. The van der Waals surface area contributed by atoms with Crippen LogP contribution in [0.4, 0.5) is 0 Å². The number of ether oxygens (including phenoxy) is 4. The number of hydrogen-bond donors (Lipinski definition) is 3. The average molecular weight is 545 g/mol. The van der Waals surface area contributed by atoms with Gasteiger partial charge in [0.05, 0.1) is 41.5 Å². The van der Waals surface area contributed by atoms with E-state index in [1.807, 2.05) is 0 Å². The van der Waals surface area contributed by atoms with E-state index in [4.69, 9.17) is 18.9 Å². The van der Waals surface area contributed by atoms with Crippen LogP contribution in [0.2, 0.25) is 0 Å². The number of hydrogen-bond acceptors (Lipinski definition) is 11. The molecule has 5 saturated heterocycles. The number of fused-ring (bicyclic) bond motifs is 5. The van der Waals surface area contributed by atoms with E-state index in [1.165, 1.54) is 13.0 Å². The van der Waals surface area contributed by atoms with Crippen LogP contribution in [0.25, 0.3) is 0 Å². The van der Waals surface area contributed by atoms with Crippen molar-refractivity contribution < 1.29 is 53.4 Å². The highest BCUT2D eigenvalue weighted by atomic mass is 16.8. The fourth-order valence-electron chi connectivity index (χ4n) is 10.6. The Morgan fingerprint density at radius 3 is 2.54 bits per heavy atom. The second-order valence-corrected chi connectivity index (χ2v) is 13.8. The number of ketones is 2. The van der Waals surface area contributed by atoms with E-state index in [2.05, 4.69) is 0 Å². The maximum atomic E-state index is 14.9. The van der Waals surface area contributed by atoms with Crippen LogP contribution < -0.4 is 0 Å². The zero-order chi connectivity index (χ0) is 27.8. The largest absolute Gasteiger partial charge is 0.458 e. The Morgan fingerprint density at radius 1 is 1.05 bits per heavy atom. The first-order valence-corrected chi connectivity index (χ1v) is 13.8. The highest BCUT2D eigenvalue weighted by Crippen LogP contribution is 2.75. The van der Waals surface area contributed by atoms with Gasteiger partial charge < -0.3 is 34.3 Å². The summed E-state index contributed by atoms with van der Waals surface area (Å²) in [7, 11) is 0. The lowest BCUT2D eigenvalue weighted by molar-refractivity contribution is -0.385. The van der Waals surface area contributed by atoms with E-state index in [-0.39, 0.29) is 44.5 Å². The number of carbonyl (C=O) groups is 4. The second kappa shape index (κ2) is 6.49. The standard InChI is InChI=1S/C28H32O11/c1-22-10-16-24(3)28-18(22)19(31)27(39-28,36-11-13(22)20(32)37-16)17-12(6-8-26(28,35)21(33)38-24)23(2)15(30)5-4-7-25(23,34)9-14(17)29/h4-5,12-14,16-18,29,34-35H,6-11H2,1-3H3/t12-,13+,14-,16+,17-,18+,22?,23-,24?,25+,26-,27?,28?/m1/s1. The Balaban J connectivity index is 1.44. The van der Waals surface area contributed by atoms with E-state index in [0.717, 1.165) is 0 Å². The predicted octanol–water partition coefficient (Wildman–Crippen LogP) is -0.277. The highest BCUT2D eigenvalue weighted by molar-refractivity contribution is 6.00. The topological polar surface area (TPSA) is 166 Å². The molecule has 8 rings (SSSR count). The SMILES string of the molecule is CC12C[C@@H]3OC(=O)[C@@H]1COC14OC5([C@H]2C1=O)C3(C)OC(=O)[C@]5(O)CC[C@@H]1[C@@H]4[C@H](O)C[C@@]2(O)CC=CC(=O)[C@@]12C. The van der Waals surface area contributed by atoms with Crippen molar-refractivity contribution in [1.82, 2.24) is 0 Å². The second-order valence-electron chi connectivity index (χ2n) is 13.8. The molecular weight excluding hydrogens is 512 g/mol. The molecule has 2 spiro atoms. The molecule has 5 heterocycles. The Kier molecular flexibility index (Phi) is 4.09. The van der Waals surface area contributed by atoms with Crippen molar-refractivity contribution >= 4 is 23.5 Å². The van der Waals surface area contributed by atoms with Gasteiger partial charge in [-0.05, 0) is 56.9 Å². The van der Waals surface area contributed by atoms with Crippen molar-refractivity contribution in [3.05, 3.63) is 12.2 Å². The van der Waals surface area contributed by atoms with Gasteiger partial charge in [0.15, 0.2) is 28.4 Å². The predicted molar refractivity (Wildman–Crippen MR) is 125 cm³/mol. The zero-order valence-corrected chi connectivity index (χ0v) is 22.0. The minimum atomic E-state index is -2.34. The van der Waals surface area contributed by atoms with Gasteiger partial charge in [-0.3, -0.25) is 14.4 Å². The number of aliphatic hydroxyl groups is 3. The quantitative estimate of drug-likeness (QED) is 0.344. The number of aliphatic hydroxyl groups excluding tert-OH is 1. The Labute approximate surface area is 223 Å². The molecule has 210 valence electrons. The lowest BCUT2D eigenvalue weighted by Gasteiger charge is -2.64. The number of rotatable bonds is 0. The number of esters is 2. The smallest absolute Gasteiger partial charge is 0.342 e. The molecule has 3 aliphatic carbocycles. The van der Waals surface area contributed by atoms with Crippen molar-refractivity contribution in [1.29, 1.82) is 0 Å². The molecule has 11 heteroatoms. The molecule has 8 aliphatic rings. The van der Waals surface area contributed by atoms with Crippen LogP contribution in [0, 0.1) is 34.5 Å². The third-order valence-corrected chi connectivity index (χ3v) is 12.6. The Hall–Kier alpha value is -2.18. The molecule has 5 bridgehead atoms. The Morgan fingerprint density at radius 2 is 1.79 bits per heavy atom. The minimum absolute atomic E-state index is 0.00259. The first-order chi connectivity index (χ1) is 18.2. The van der Waals surface area contributed by atoms with Gasteiger partial charge in [0.1, 0.15) is 6.10 Å².